The SMILES string of the molecule is CC1=C(C#N)C(=O)NC(=O)/C1=C\c1ccc(-c2ccccc2Br)o1. The molecule has 1 aliphatic heterocycles. The number of imide groups is 1. The molecule has 0 fully saturated rings. The van der Waals surface area contributed by atoms with Gasteiger partial charge in [-0.05, 0) is 36.8 Å². The first-order chi connectivity index (χ1) is 11.5. The number of amides is 2. The van der Waals surface area contributed by atoms with Gasteiger partial charge < -0.3 is 4.42 Å². The number of hydrogen-bond acceptors (Lipinski definition) is 4. The number of halogens is 1. The molecule has 118 valence electrons. The first-order valence-corrected chi connectivity index (χ1v) is 7.84. The second kappa shape index (κ2) is 6.30. The van der Waals surface area contributed by atoms with Crippen LogP contribution in [0.5, 0.6) is 0 Å². The molecule has 1 aromatic carbocycles. The Morgan fingerprint density at radius 3 is 2.62 bits per heavy atom. The van der Waals surface area contributed by atoms with Crippen LogP contribution in [-0.4, -0.2) is 11.8 Å². The molecular weight excluding hydrogens is 372 g/mol. The van der Waals surface area contributed by atoms with Gasteiger partial charge in [0.1, 0.15) is 23.2 Å². The van der Waals surface area contributed by atoms with E-state index in [-0.39, 0.29) is 11.1 Å². The molecule has 2 heterocycles. The number of hydrogen-bond donors (Lipinski definition) is 1. The molecule has 24 heavy (non-hydrogen) atoms. The number of benzene rings is 1. The second-order valence-electron chi connectivity index (χ2n) is 5.13. The number of carbonyl (C=O) groups is 2. The average Bonchev–Trinajstić information content (AvgIpc) is 3.00. The average molecular weight is 383 g/mol. The molecule has 0 aliphatic carbocycles. The Morgan fingerprint density at radius 1 is 1.17 bits per heavy atom. The van der Waals surface area contributed by atoms with Crippen LogP contribution in [0, 0.1) is 11.3 Å². The second-order valence-corrected chi connectivity index (χ2v) is 5.99. The quantitative estimate of drug-likeness (QED) is 0.635. The van der Waals surface area contributed by atoms with Gasteiger partial charge in [0, 0.05) is 15.6 Å². The molecule has 0 spiro atoms. The zero-order valence-corrected chi connectivity index (χ0v) is 14.2. The van der Waals surface area contributed by atoms with E-state index in [1.807, 2.05) is 30.3 Å². The molecule has 1 N–H and O–H groups in total. The summed E-state index contributed by atoms with van der Waals surface area (Å²) in [4.78, 5) is 23.6. The van der Waals surface area contributed by atoms with Gasteiger partial charge in [-0.25, -0.2) is 0 Å². The van der Waals surface area contributed by atoms with Gasteiger partial charge in [-0.3, -0.25) is 14.9 Å². The highest BCUT2D eigenvalue weighted by Gasteiger charge is 2.27. The van der Waals surface area contributed by atoms with Crippen molar-refractivity contribution in [2.45, 2.75) is 6.92 Å². The van der Waals surface area contributed by atoms with Gasteiger partial charge in [-0.15, -0.1) is 0 Å². The molecule has 2 aromatic rings. The standard InChI is InChI=1S/C18H11BrN2O3/c1-10-13(17(22)21-18(23)14(10)9-20)8-11-6-7-16(24-11)12-4-2-3-5-15(12)19/h2-8H,1H3,(H,21,22,23)/b13-8-. The Morgan fingerprint density at radius 2 is 1.92 bits per heavy atom. The minimum atomic E-state index is -0.675. The maximum absolute atomic E-state index is 12.0. The van der Waals surface area contributed by atoms with E-state index < -0.39 is 11.8 Å². The van der Waals surface area contributed by atoms with Crippen molar-refractivity contribution in [3.8, 4) is 17.4 Å². The van der Waals surface area contributed by atoms with Crippen LogP contribution in [0.1, 0.15) is 12.7 Å². The molecule has 0 saturated carbocycles. The molecule has 0 unspecified atom stereocenters. The topological polar surface area (TPSA) is 83.1 Å². The Balaban J connectivity index is 2.03. The van der Waals surface area contributed by atoms with Crippen LogP contribution in [0.3, 0.4) is 0 Å². The van der Waals surface area contributed by atoms with E-state index in [0.29, 0.717) is 17.1 Å². The summed E-state index contributed by atoms with van der Waals surface area (Å²) in [6.45, 7) is 1.57. The number of nitriles is 1. The summed E-state index contributed by atoms with van der Waals surface area (Å²) in [7, 11) is 0. The Labute approximate surface area is 146 Å². The van der Waals surface area contributed by atoms with Gasteiger partial charge in [0.05, 0.1) is 0 Å². The molecule has 2 amide bonds. The fourth-order valence-corrected chi connectivity index (χ4v) is 2.88. The van der Waals surface area contributed by atoms with E-state index in [9.17, 15) is 9.59 Å². The zero-order valence-electron chi connectivity index (χ0n) is 12.6. The highest BCUT2D eigenvalue weighted by atomic mass is 79.9. The van der Waals surface area contributed by atoms with E-state index in [1.54, 1.807) is 19.1 Å². The lowest BCUT2D eigenvalue weighted by Gasteiger charge is -2.15. The highest BCUT2D eigenvalue weighted by Crippen LogP contribution is 2.31. The smallest absolute Gasteiger partial charge is 0.269 e. The van der Waals surface area contributed by atoms with Crippen molar-refractivity contribution in [3.63, 3.8) is 0 Å². The fourth-order valence-electron chi connectivity index (χ4n) is 2.40. The van der Waals surface area contributed by atoms with E-state index in [4.69, 9.17) is 9.68 Å². The van der Waals surface area contributed by atoms with Crippen LogP contribution in [0.25, 0.3) is 17.4 Å². The number of carbonyl (C=O) groups excluding carboxylic acids is 2. The molecule has 1 aromatic heterocycles. The number of nitrogens with zero attached hydrogens (tertiary/aromatic N) is 1. The van der Waals surface area contributed by atoms with Gasteiger partial charge in [-0.1, -0.05) is 34.1 Å². The summed E-state index contributed by atoms with van der Waals surface area (Å²) in [5.41, 5.74) is 1.39. The van der Waals surface area contributed by atoms with Crippen molar-refractivity contribution in [2.75, 3.05) is 0 Å². The summed E-state index contributed by atoms with van der Waals surface area (Å²) in [6.07, 6.45) is 1.52. The van der Waals surface area contributed by atoms with Crippen LogP contribution in [0.15, 0.2) is 62.0 Å². The van der Waals surface area contributed by atoms with E-state index in [1.165, 1.54) is 6.08 Å². The van der Waals surface area contributed by atoms with E-state index >= 15 is 0 Å². The molecule has 0 radical (unpaired) electrons. The van der Waals surface area contributed by atoms with E-state index in [2.05, 4.69) is 21.2 Å². The fraction of sp³-hybridized carbons (Fsp3) is 0.0556. The van der Waals surface area contributed by atoms with Gasteiger partial charge in [0.25, 0.3) is 11.8 Å². The minimum absolute atomic E-state index is 0.0709. The molecule has 0 bridgehead atoms. The monoisotopic (exact) mass is 382 g/mol. The van der Waals surface area contributed by atoms with Crippen molar-refractivity contribution in [2.24, 2.45) is 0 Å². The maximum Gasteiger partial charge on any atom is 0.269 e. The van der Waals surface area contributed by atoms with Gasteiger partial charge >= 0.3 is 0 Å². The Kier molecular flexibility index (Phi) is 4.19. The lowest BCUT2D eigenvalue weighted by Crippen LogP contribution is -2.37. The predicted molar refractivity (Wildman–Crippen MR) is 91.3 cm³/mol. The number of rotatable bonds is 2. The molecule has 0 saturated heterocycles. The van der Waals surface area contributed by atoms with Crippen LogP contribution >= 0.6 is 15.9 Å². The first kappa shape index (κ1) is 16.0. The van der Waals surface area contributed by atoms with Gasteiger partial charge in [0.2, 0.25) is 0 Å². The van der Waals surface area contributed by atoms with Gasteiger partial charge in [0.15, 0.2) is 0 Å². The summed E-state index contributed by atoms with van der Waals surface area (Å²) >= 11 is 3.46. The predicted octanol–water partition coefficient (Wildman–Crippen LogP) is 3.59. The van der Waals surface area contributed by atoms with Crippen molar-refractivity contribution in [3.05, 3.63) is 63.4 Å². The molecule has 0 atom stereocenters. The third-order valence-electron chi connectivity index (χ3n) is 3.64. The van der Waals surface area contributed by atoms with Crippen molar-refractivity contribution >= 4 is 33.8 Å². The summed E-state index contributed by atoms with van der Waals surface area (Å²) in [6, 6.07) is 12.9. The van der Waals surface area contributed by atoms with Crippen LogP contribution in [0.4, 0.5) is 0 Å². The van der Waals surface area contributed by atoms with Crippen LogP contribution < -0.4 is 5.32 Å². The normalized spacial score (nSPS) is 16.3. The Hall–Kier alpha value is -2.91. The van der Waals surface area contributed by atoms with Crippen molar-refractivity contribution in [1.29, 1.82) is 5.26 Å². The summed E-state index contributed by atoms with van der Waals surface area (Å²) in [5, 5.41) is 11.2. The minimum Gasteiger partial charge on any atom is -0.457 e. The Bertz CT molecular complexity index is 961. The van der Waals surface area contributed by atoms with Gasteiger partial charge in [-0.2, -0.15) is 5.26 Å². The number of nitrogens with one attached hydrogen (secondary N) is 1. The molecule has 3 rings (SSSR count). The third-order valence-corrected chi connectivity index (χ3v) is 4.33. The van der Waals surface area contributed by atoms with Crippen LogP contribution in [-0.2, 0) is 9.59 Å². The zero-order chi connectivity index (χ0) is 17.3. The third kappa shape index (κ3) is 2.82. The summed E-state index contributed by atoms with van der Waals surface area (Å²) < 4.78 is 6.66. The molecular formula is C18H11BrN2O3. The van der Waals surface area contributed by atoms with Crippen LogP contribution in [0.2, 0.25) is 0 Å². The maximum atomic E-state index is 12.0. The lowest BCUT2D eigenvalue weighted by molar-refractivity contribution is -0.126. The van der Waals surface area contributed by atoms with Crippen molar-refractivity contribution < 1.29 is 14.0 Å². The number of furan rings is 1. The largest absolute Gasteiger partial charge is 0.457 e. The summed E-state index contributed by atoms with van der Waals surface area (Å²) in [5.74, 6) is -0.124. The molecule has 1 aliphatic rings. The lowest BCUT2D eigenvalue weighted by atomic mass is 9.96. The van der Waals surface area contributed by atoms with Crippen molar-refractivity contribution in [1.82, 2.24) is 5.32 Å². The molecule has 6 heteroatoms. The molecule has 5 nitrogen and oxygen atoms in total. The van der Waals surface area contributed by atoms with E-state index in [0.717, 1.165) is 10.0 Å². The highest BCUT2D eigenvalue weighted by molar-refractivity contribution is 9.10. The first-order valence-electron chi connectivity index (χ1n) is 7.04.